The molecule has 0 amide bonds. The lowest BCUT2D eigenvalue weighted by Gasteiger charge is -2.32. The fraction of sp³-hybridized carbons (Fsp3) is 0.0149. The Morgan fingerprint density at radius 2 is 0.786 bits per heavy atom. The molecule has 0 bridgehead atoms. The molecule has 0 fully saturated rings. The normalized spacial score (nSPS) is 14.1. The van der Waals surface area contributed by atoms with E-state index in [4.69, 9.17) is 0 Å². The van der Waals surface area contributed by atoms with Crippen molar-refractivity contribution < 1.29 is 0 Å². The largest absolute Gasteiger partial charge is 0.310 e. The molecule has 0 radical (unpaired) electrons. The summed E-state index contributed by atoms with van der Waals surface area (Å²) in [5.41, 5.74) is 22.2. The van der Waals surface area contributed by atoms with Gasteiger partial charge in [-0.05, 0) is 135 Å². The second-order valence-corrected chi connectivity index (χ2v) is 18.4. The Balaban J connectivity index is 1.01. The van der Waals surface area contributed by atoms with Gasteiger partial charge in [0.15, 0.2) is 0 Å². The number of fused-ring (bicyclic) bond motifs is 13. The van der Waals surface area contributed by atoms with Crippen LogP contribution in [0.3, 0.4) is 0 Å². The van der Waals surface area contributed by atoms with Crippen LogP contribution < -0.4 is 9.80 Å². The van der Waals surface area contributed by atoms with Crippen molar-refractivity contribution >= 4 is 55.9 Å². The zero-order valence-corrected chi connectivity index (χ0v) is 38.3. The molecule has 1 heterocycles. The van der Waals surface area contributed by atoms with Crippen LogP contribution in [0.5, 0.6) is 0 Å². The van der Waals surface area contributed by atoms with Crippen molar-refractivity contribution in [1.29, 1.82) is 0 Å². The van der Waals surface area contributed by atoms with Gasteiger partial charge in [-0.2, -0.15) is 0 Å². The third-order valence-electron chi connectivity index (χ3n) is 14.8. The predicted octanol–water partition coefficient (Wildman–Crippen LogP) is 17.7. The van der Waals surface area contributed by atoms with Gasteiger partial charge in [-0.15, -0.1) is 0 Å². The molecule has 0 aliphatic heterocycles. The van der Waals surface area contributed by atoms with Crippen LogP contribution in [-0.2, 0) is 5.41 Å². The van der Waals surface area contributed by atoms with Gasteiger partial charge in [0.2, 0.25) is 0 Å². The summed E-state index contributed by atoms with van der Waals surface area (Å²) in [6.07, 6.45) is 0. The Morgan fingerprint density at radius 1 is 0.286 bits per heavy atom. The Hall–Kier alpha value is -9.18. The number of rotatable bonds is 8. The molecule has 3 nitrogen and oxygen atoms in total. The minimum absolute atomic E-state index is 0.552. The number of anilines is 6. The van der Waals surface area contributed by atoms with E-state index in [2.05, 4.69) is 287 Å². The van der Waals surface area contributed by atoms with E-state index < -0.39 is 5.41 Å². The predicted molar refractivity (Wildman–Crippen MR) is 292 cm³/mol. The van der Waals surface area contributed by atoms with Crippen molar-refractivity contribution in [3.63, 3.8) is 0 Å². The molecule has 2 aliphatic carbocycles. The lowest BCUT2D eigenvalue weighted by Crippen LogP contribution is -2.26. The maximum absolute atomic E-state index is 2.50. The molecule has 2 aliphatic rings. The lowest BCUT2D eigenvalue weighted by atomic mass is 9.70. The Kier molecular flexibility index (Phi) is 9.11. The third-order valence-corrected chi connectivity index (χ3v) is 14.8. The molecule has 0 N–H and O–H groups in total. The monoisotopic (exact) mass is 891 g/mol. The lowest BCUT2D eigenvalue weighted by molar-refractivity contribution is 0.793. The molecular formula is C67H45N3. The molecule has 1 aromatic heterocycles. The van der Waals surface area contributed by atoms with Crippen molar-refractivity contribution in [2.24, 2.45) is 0 Å². The van der Waals surface area contributed by atoms with Gasteiger partial charge in [-0.3, -0.25) is 0 Å². The first-order valence-corrected chi connectivity index (χ1v) is 24.2. The summed E-state index contributed by atoms with van der Waals surface area (Å²) in [5.74, 6) is 0. The van der Waals surface area contributed by atoms with E-state index in [-0.39, 0.29) is 0 Å². The van der Waals surface area contributed by atoms with Gasteiger partial charge >= 0.3 is 0 Å². The van der Waals surface area contributed by atoms with E-state index >= 15 is 0 Å². The summed E-state index contributed by atoms with van der Waals surface area (Å²) in [4.78, 5) is 4.87. The van der Waals surface area contributed by atoms with Crippen LogP contribution in [-0.4, -0.2) is 4.57 Å². The van der Waals surface area contributed by atoms with E-state index in [1.54, 1.807) is 0 Å². The number of nitrogens with zero attached hydrogens (tertiary/aromatic N) is 3. The first-order valence-electron chi connectivity index (χ1n) is 24.2. The minimum atomic E-state index is -0.552. The smallest absolute Gasteiger partial charge is 0.0726 e. The Morgan fingerprint density at radius 3 is 1.51 bits per heavy atom. The van der Waals surface area contributed by atoms with Crippen LogP contribution >= 0.6 is 0 Å². The summed E-state index contributed by atoms with van der Waals surface area (Å²) in [6, 6.07) is 100. The summed E-state index contributed by atoms with van der Waals surface area (Å²) in [6.45, 7) is 0. The van der Waals surface area contributed by atoms with Crippen LogP contribution in [0.2, 0.25) is 0 Å². The van der Waals surface area contributed by atoms with Gasteiger partial charge in [0, 0.05) is 50.5 Å². The zero-order valence-electron chi connectivity index (χ0n) is 38.3. The van der Waals surface area contributed by atoms with E-state index in [0.29, 0.717) is 0 Å². The van der Waals surface area contributed by atoms with Crippen molar-refractivity contribution in [1.82, 2.24) is 4.57 Å². The van der Waals surface area contributed by atoms with Crippen molar-refractivity contribution in [2.45, 2.75) is 5.41 Å². The van der Waals surface area contributed by atoms with Gasteiger partial charge in [-0.25, -0.2) is 0 Å². The number of hydrogen-bond acceptors (Lipinski definition) is 2. The molecule has 0 saturated heterocycles. The van der Waals surface area contributed by atoms with E-state index in [1.165, 1.54) is 71.9 Å². The summed E-state index contributed by atoms with van der Waals surface area (Å²) >= 11 is 0. The standard InChI is InChI=1S/C67H45N3/c1-5-20-46(21-6-1)47-36-38-51(39-37-47)69(53-40-42-56-55-29-15-18-34-63(55)70(65(56)45-53)50-26-11-4-12-27-50)64-35-19-33-62-66(64)57-30-14-17-32-60(57)67(62)59-31-16-13-28-54(59)58-44-52(41-43-61(58)67)68(48-22-7-2-8-23-48)49-24-9-3-10-25-49/h1-45H. The fourth-order valence-electron chi connectivity index (χ4n) is 11.9. The molecule has 1 unspecified atom stereocenters. The van der Waals surface area contributed by atoms with Crippen LogP contribution in [0.4, 0.5) is 34.1 Å². The van der Waals surface area contributed by atoms with Gasteiger partial charge in [0.25, 0.3) is 0 Å². The topological polar surface area (TPSA) is 11.4 Å². The molecule has 70 heavy (non-hydrogen) atoms. The molecule has 1 spiro atoms. The van der Waals surface area contributed by atoms with E-state index in [0.717, 1.165) is 45.3 Å². The number of para-hydroxylation sites is 4. The molecular weight excluding hydrogens is 847 g/mol. The number of aromatic nitrogens is 1. The number of benzene rings is 11. The molecule has 11 aromatic carbocycles. The SMILES string of the molecule is c1ccc(-c2ccc(N(c3ccc4c5ccccc5n(-c5ccccc5)c4c3)c3cccc4c3-c3ccccc3C43c4ccccc4-c4cc(N(c5ccccc5)c5ccccc5)ccc43)cc2)cc1. The highest BCUT2D eigenvalue weighted by Gasteiger charge is 2.52. The van der Waals surface area contributed by atoms with Gasteiger partial charge in [0.1, 0.15) is 0 Å². The number of hydrogen-bond donors (Lipinski definition) is 0. The minimum Gasteiger partial charge on any atom is -0.310 e. The second kappa shape index (κ2) is 16.0. The first kappa shape index (κ1) is 39.9. The average molecular weight is 892 g/mol. The average Bonchev–Trinajstić information content (AvgIpc) is 4.04. The highest BCUT2D eigenvalue weighted by molar-refractivity contribution is 6.11. The van der Waals surface area contributed by atoms with E-state index in [1.807, 2.05) is 0 Å². The molecule has 3 heteroatoms. The molecule has 1 atom stereocenters. The van der Waals surface area contributed by atoms with Crippen LogP contribution in [0.25, 0.3) is 60.9 Å². The highest BCUT2D eigenvalue weighted by atomic mass is 15.2. The molecule has 12 aromatic rings. The summed E-state index contributed by atoms with van der Waals surface area (Å²) < 4.78 is 2.42. The van der Waals surface area contributed by atoms with Crippen molar-refractivity contribution in [2.75, 3.05) is 9.80 Å². The third kappa shape index (κ3) is 5.95. The van der Waals surface area contributed by atoms with E-state index in [9.17, 15) is 0 Å². The molecule has 0 saturated carbocycles. The first-order chi connectivity index (χ1) is 34.8. The van der Waals surface area contributed by atoms with Gasteiger partial charge in [0.05, 0.1) is 22.1 Å². The van der Waals surface area contributed by atoms with Crippen LogP contribution in [0.15, 0.2) is 273 Å². The maximum Gasteiger partial charge on any atom is 0.0726 e. The molecule has 14 rings (SSSR count). The fourth-order valence-corrected chi connectivity index (χ4v) is 11.9. The van der Waals surface area contributed by atoms with Crippen LogP contribution in [0.1, 0.15) is 22.3 Å². The summed E-state index contributed by atoms with van der Waals surface area (Å²) in [5, 5.41) is 2.46. The zero-order chi connectivity index (χ0) is 46.2. The van der Waals surface area contributed by atoms with Crippen molar-refractivity contribution in [3.8, 4) is 39.1 Å². The second-order valence-electron chi connectivity index (χ2n) is 18.4. The quantitative estimate of drug-likeness (QED) is 0.151. The highest BCUT2D eigenvalue weighted by Crippen LogP contribution is 2.65. The maximum atomic E-state index is 2.50. The van der Waals surface area contributed by atoms with Crippen LogP contribution in [0, 0.1) is 0 Å². The Bertz CT molecular complexity index is 3900. The van der Waals surface area contributed by atoms with Gasteiger partial charge in [-0.1, -0.05) is 188 Å². The Labute approximate surface area is 408 Å². The van der Waals surface area contributed by atoms with Crippen molar-refractivity contribution in [3.05, 3.63) is 295 Å². The van der Waals surface area contributed by atoms with Gasteiger partial charge < -0.3 is 14.4 Å². The summed E-state index contributed by atoms with van der Waals surface area (Å²) in [7, 11) is 0. The molecule has 328 valence electrons.